The summed E-state index contributed by atoms with van der Waals surface area (Å²) in [6.45, 7) is 2.74. The summed E-state index contributed by atoms with van der Waals surface area (Å²) in [7, 11) is 1.67. The number of benzene rings is 1. The van der Waals surface area contributed by atoms with Crippen LogP contribution < -0.4 is 14.8 Å². The van der Waals surface area contributed by atoms with E-state index >= 15 is 0 Å². The van der Waals surface area contributed by atoms with Crippen LogP contribution in [0.2, 0.25) is 0 Å². The first kappa shape index (κ1) is 13.2. The molecule has 1 aliphatic carbocycles. The number of nitrogens with one attached hydrogen (secondary N) is 1. The van der Waals surface area contributed by atoms with Gasteiger partial charge in [-0.25, -0.2) is 0 Å². The monoisotopic (exact) mass is 249 g/mol. The zero-order valence-corrected chi connectivity index (χ0v) is 11.2. The van der Waals surface area contributed by atoms with Gasteiger partial charge in [-0.05, 0) is 49.6 Å². The second kappa shape index (κ2) is 7.27. The molecule has 0 radical (unpaired) electrons. The first-order valence-corrected chi connectivity index (χ1v) is 6.86. The Kier molecular flexibility index (Phi) is 5.34. The third-order valence-corrected chi connectivity index (χ3v) is 3.27. The maximum absolute atomic E-state index is 5.63. The van der Waals surface area contributed by atoms with Crippen molar-refractivity contribution in [1.29, 1.82) is 0 Å². The van der Waals surface area contributed by atoms with Crippen molar-refractivity contribution in [2.45, 2.75) is 25.7 Å². The van der Waals surface area contributed by atoms with Gasteiger partial charge in [-0.2, -0.15) is 0 Å². The molecule has 1 aromatic carbocycles. The lowest BCUT2D eigenvalue weighted by atomic mass is 10.2. The summed E-state index contributed by atoms with van der Waals surface area (Å²) in [5.41, 5.74) is 0. The average Bonchev–Trinajstić information content (AvgIpc) is 3.22. The average molecular weight is 249 g/mol. The van der Waals surface area contributed by atoms with E-state index in [1.165, 1.54) is 25.7 Å². The first-order chi connectivity index (χ1) is 8.88. The third kappa shape index (κ3) is 4.96. The minimum atomic E-state index is 0.718. The molecule has 0 bridgehead atoms. The van der Waals surface area contributed by atoms with Crippen molar-refractivity contribution in [3.05, 3.63) is 24.3 Å². The van der Waals surface area contributed by atoms with E-state index < -0.39 is 0 Å². The lowest BCUT2D eigenvalue weighted by molar-refractivity contribution is 0.312. The molecule has 100 valence electrons. The maximum atomic E-state index is 5.63. The Bertz CT molecular complexity index is 333. The highest BCUT2D eigenvalue weighted by atomic mass is 16.5. The first-order valence-electron chi connectivity index (χ1n) is 6.86. The predicted molar refractivity (Wildman–Crippen MR) is 73.3 cm³/mol. The molecule has 0 aliphatic heterocycles. The van der Waals surface area contributed by atoms with Gasteiger partial charge in [0, 0.05) is 6.54 Å². The van der Waals surface area contributed by atoms with Gasteiger partial charge in [0.25, 0.3) is 0 Å². The number of hydrogen-bond donors (Lipinski definition) is 1. The molecule has 0 atom stereocenters. The van der Waals surface area contributed by atoms with E-state index in [4.69, 9.17) is 9.47 Å². The van der Waals surface area contributed by atoms with E-state index in [0.29, 0.717) is 0 Å². The molecule has 3 nitrogen and oxygen atoms in total. The van der Waals surface area contributed by atoms with Crippen LogP contribution in [0.15, 0.2) is 24.3 Å². The summed E-state index contributed by atoms with van der Waals surface area (Å²) in [5.74, 6) is 2.80. The van der Waals surface area contributed by atoms with Crippen LogP contribution in [0.5, 0.6) is 11.5 Å². The molecule has 18 heavy (non-hydrogen) atoms. The second-order valence-electron chi connectivity index (χ2n) is 4.86. The summed E-state index contributed by atoms with van der Waals surface area (Å²) >= 11 is 0. The molecule has 1 N–H and O–H groups in total. The van der Waals surface area contributed by atoms with E-state index in [1.54, 1.807) is 7.11 Å². The Balaban J connectivity index is 1.48. The topological polar surface area (TPSA) is 30.5 Å². The molecular weight excluding hydrogens is 226 g/mol. The molecule has 0 saturated heterocycles. The molecule has 1 aliphatic rings. The molecule has 0 spiro atoms. The largest absolute Gasteiger partial charge is 0.497 e. The number of methoxy groups -OCH3 is 1. The van der Waals surface area contributed by atoms with Gasteiger partial charge in [0.15, 0.2) is 0 Å². The van der Waals surface area contributed by atoms with Gasteiger partial charge in [0.05, 0.1) is 7.11 Å². The van der Waals surface area contributed by atoms with E-state index in [-0.39, 0.29) is 0 Å². The van der Waals surface area contributed by atoms with Crippen LogP contribution in [-0.4, -0.2) is 26.8 Å². The molecule has 1 saturated carbocycles. The molecule has 0 aromatic heterocycles. The fourth-order valence-electron chi connectivity index (χ4n) is 1.96. The Hall–Kier alpha value is -1.22. The Morgan fingerprint density at radius 1 is 1.11 bits per heavy atom. The van der Waals surface area contributed by atoms with Crippen LogP contribution in [0.4, 0.5) is 0 Å². The van der Waals surface area contributed by atoms with Crippen molar-refractivity contribution in [3.8, 4) is 11.5 Å². The highest BCUT2D eigenvalue weighted by Crippen LogP contribution is 2.33. The SMILES string of the molecule is COc1ccc(OCCNCCCC2CC2)cc1. The van der Waals surface area contributed by atoms with E-state index in [0.717, 1.165) is 37.1 Å². The third-order valence-electron chi connectivity index (χ3n) is 3.27. The fraction of sp³-hybridized carbons (Fsp3) is 0.600. The number of hydrogen-bond acceptors (Lipinski definition) is 3. The molecule has 0 heterocycles. The van der Waals surface area contributed by atoms with Gasteiger partial charge in [-0.3, -0.25) is 0 Å². The van der Waals surface area contributed by atoms with Crippen LogP contribution in [0.1, 0.15) is 25.7 Å². The molecule has 3 heteroatoms. The van der Waals surface area contributed by atoms with Crippen LogP contribution in [0.25, 0.3) is 0 Å². The Labute approximate surface area is 109 Å². The van der Waals surface area contributed by atoms with E-state index in [9.17, 15) is 0 Å². The quantitative estimate of drug-likeness (QED) is 0.683. The number of rotatable bonds is 9. The lowest BCUT2D eigenvalue weighted by Crippen LogP contribution is -2.22. The smallest absolute Gasteiger partial charge is 0.119 e. The minimum absolute atomic E-state index is 0.718. The summed E-state index contributed by atoms with van der Waals surface area (Å²) in [6, 6.07) is 7.70. The van der Waals surface area contributed by atoms with Crippen molar-refractivity contribution >= 4 is 0 Å². The summed E-state index contributed by atoms with van der Waals surface area (Å²) in [6.07, 6.45) is 5.61. The summed E-state index contributed by atoms with van der Waals surface area (Å²) in [4.78, 5) is 0. The van der Waals surface area contributed by atoms with Crippen LogP contribution in [-0.2, 0) is 0 Å². The molecule has 2 rings (SSSR count). The molecular formula is C15H23NO2. The summed E-state index contributed by atoms with van der Waals surface area (Å²) in [5, 5.41) is 3.41. The van der Waals surface area contributed by atoms with Crippen molar-refractivity contribution < 1.29 is 9.47 Å². The van der Waals surface area contributed by atoms with Crippen molar-refractivity contribution in [3.63, 3.8) is 0 Å². The normalized spacial score (nSPS) is 14.5. The van der Waals surface area contributed by atoms with Crippen LogP contribution >= 0.6 is 0 Å². The van der Waals surface area contributed by atoms with Gasteiger partial charge < -0.3 is 14.8 Å². The van der Waals surface area contributed by atoms with E-state index in [1.807, 2.05) is 24.3 Å². The lowest BCUT2D eigenvalue weighted by Gasteiger charge is -2.08. The van der Waals surface area contributed by atoms with Crippen molar-refractivity contribution in [1.82, 2.24) is 5.32 Å². The fourth-order valence-corrected chi connectivity index (χ4v) is 1.96. The predicted octanol–water partition coefficient (Wildman–Crippen LogP) is 2.85. The van der Waals surface area contributed by atoms with Gasteiger partial charge >= 0.3 is 0 Å². The molecule has 1 fully saturated rings. The molecule has 1 aromatic rings. The van der Waals surface area contributed by atoms with Gasteiger partial charge in [-0.1, -0.05) is 12.8 Å². The minimum Gasteiger partial charge on any atom is -0.497 e. The molecule has 0 unspecified atom stereocenters. The van der Waals surface area contributed by atoms with Crippen LogP contribution in [0, 0.1) is 5.92 Å². The van der Waals surface area contributed by atoms with Crippen molar-refractivity contribution in [2.75, 3.05) is 26.8 Å². The molecule has 0 amide bonds. The number of ether oxygens (including phenoxy) is 2. The van der Waals surface area contributed by atoms with Gasteiger partial charge in [-0.15, -0.1) is 0 Å². The van der Waals surface area contributed by atoms with Gasteiger partial charge in [0.2, 0.25) is 0 Å². The highest BCUT2D eigenvalue weighted by molar-refractivity contribution is 5.31. The van der Waals surface area contributed by atoms with Gasteiger partial charge in [0.1, 0.15) is 18.1 Å². The Morgan fingerprint density at radius 2 is 1.83 bits per heavy atom. The van der Waals surface area contributed by atoms with E-state index in [2.05, 4.69) is 5.32 Å². The van der Waals surface area contributed by atoms with Crippen LogP contribution in [0.3, 0.4) is 0 Å². The van der Waals surface area contributed by atoms with Crippen molar-refractivity contribution in [2.24, 2.45) is 5.92 Å². The zero-order valence-electron chi connectivity index (χ0n) is 11.2. The highest BCUT2D eigenvalue weighted by Gasteiger charge is 2.19. The zero-order chi connectivity index (χ0) is 12.6. The maximum Gasteiger partial charge on any atom is 0.119 e. The second-order valence-corrected chi connectivity index (χ2v) is 4.86. The summed E-state index contributed by atoms with van der Waals surface area (Å²) < 4.78 is 10.7. The standard InChI is InChI=1S/C15H23NO2/c1-17-14-6-8-15(9-7-14)18-12-11-16-10-2-3-13-4-5-13/h6-9,13,16H,2-5,10-12H2,1H3. The Morgan fingerprint density at radius 3 is 2.50 bits per heavy atom.